The Hall–Kier alpha value is -3.81. The van der Waals surface area contributed by atoms with Gasteiger partial charge in [0.25, 0.3) is 0 Å². The van der Waals surface area contributed by atoms with E-state index in [1.54, 1.807) is 4.90 Å². The molecule has 1 aliphatic carbocycles. The Kier molecular flexibility index (Phi) is 11.1. The molecule has 0 spiro atoms. The lowest BCUT2D eigenvalue weighted by molar-refractivity contribution is 0.0276. The molecule has 1 fully saturated rings. The van der Waals surface area contributed by atoms with Crippen LogP contribution < -0.4 is 15.6 Å². The summed E-state index contributed by atoms with van der Waals surface area (Å²) < 4.78 is 5.58. The van der Waals surface area contributed by atoms with E-state index in [2.05, 4.69) is 37.5 Å². The minimum Gasteiger partial charge on any atom is -0.443 e. The van der Waals surface area contributed by atoms with Crippen molar-refractivity contribution in [3.05, 3.63) is 71.4 Å². The summed E-state index contributed by atoms with van der Waals surface area (Å²) in [5, 5.41) is 12.7. The standard InChI is InChI=1S/C33H45N5O3.C2H6/c1-22-13-15-27(16-14-22)38(36-23(2)32(3,4)5)21-34-30(39)35-29-12-10-9-11-24(29)17-25-18-28-19-26(25)20-37(28)31(40)41-33(6,7)8;1-2/h9-16,20,25,28H,17-19,21H2,1-8H3,(H2,34,35,39);1-2H3/b36-23+;. The van der Waals surface area contributed by atoms with Crippen LogP contribution in [0.2, 0.25) is 0 Å². The van der Waals surface area contributed by atoms with E-state index in [0.29, 0.717) is 5.92 Å². The van der Waals surface area contributed by atoms with Crippen LogP contribution in [0.4, 0.5) is 21.0 Å². The van der Waals surface area contributed by atoms with E-state index in [0.717, 1.165) is 47.5 Å². The quantitative estimate of drug-likeness (QED) is 0.193. The van der Waals surface area contributed by atoms with Gasteiger partial charge in [-0.3, -0.25) is 4.90 Å². The van der Waals surface area contributed by atoms with Crippen LogP contribution in [-0.2, 0) is 11.2 Å². The normalized spacial score (nSPS) is 18.0. The molecule has 0 aromatic heterocycles. The predicted molar refractivity (Wildman–Crippen MR) is 177 cm³/mol. The molecular weight excluding hydrogens is 538 g/mol. The number of anilines is 2. The van der Waals surface area contributed by atoms with Gasteiger partial charge < -0.3 is 15.4 Å². The van der Waals surface area contributed by atoms with Crippen LogP contribution in [0.15, 0.2) is 65.4 Å². The first kappa shape index (κ1) is 33.7. The summed E-state index contributed by atoms with van der Waals surface area (Å²) >= 11 is 0. The lowest BCUT2D eigenvalue weighted by Crippen LogP contribution is -2.39. The number of nitrogens with one attached hydrogen (secondary N) is 2. The third kappa shape index (κ3) is 9.34. The van der Waals surface area contributed by atoms with E-state index in [9.17, 15) is 9.59 Å². The summed E-state index contributed by atoms with van der Waals surface area (Å²) in [6, 6.07) is 15.9. The van der Waals surface area contributed by atoms with Gasteiger partial charge in [-0.25, -0.2) is 14.6 Å². The number of benzene rings is 2. The number of nitrogens with zero attached hydrogens (tertiary/aromatic N) is 3. The maximum atomic E-state index is 13.1. The topological polar surface area (TPSA) is 86.3 Å². The van der Waals surface area contributed by atoms with Crippen LogP contribution in [0, 0.1) is 18.3 Å². The molecule has 8 nitrogen and oxygen atoms in total. The summed E-state index contributed by atoms with van der Waals surface area (Å²) in [7, 11) is 0. The minimum absolute atomic E-state index is 0.0940. The zero-order valence-electron chi connectivity index (χ0n) is 27.7. The number of amides is 3. The Labute approximate surface area is 258 Å². The summed E-state index contributed by atoms with van der Waals surface area (Å²) in [6.45, 7) is 20.3. The largest absolute Gasteiger partial charge is 0.443 e. The summed E-state index contributed by atoms with van der Waals surface area (Å²) in [5.41, 5.74) is 5.55. The van der Waals surface area contributed by atoms with Gasteiger partial charge in [0.1, 0.15) is 12.3 Å². The molecule has 2 aromatic rings. The average molecular weight is 590 g/mol. The first-order valence-electron chi connectivity index (χ1n) is 15.4. The van der Waals surface area contributed by atoms with Crippen LogP contribution in [-0.4, -0.2) is 41.0 Å². The van der Waals surface area contributed by atoms with Crippen molar-refractivity contribution >= 4 is 29.2 Å². The Morgan fingerprint density at radius 3 is 2.26 bits per heavy atom. The van der Waals surface area contributed by atoms with Crippen molar-refractivity contribution in [1.29, 1.82) is 0 Å². The lowest BCUT2D eigenvalue weighted by atomic mass is 9.91. The second kappa shape index (κ2) is 14.1. The van der Waals surface area contributed by atoms with Crippen molar-refractivity contribution in [1.82, 2.24) is 10.2 Å². The zero-order chi connectivity index (χ0) is 31.9. The molecule has 2 unspecified atom stereocenters. The second-order valence-electron chi connectivity index (χ2n) is 13.2. The number of carbonyl (C=O) groups excluding carboxylic acids is 2. The highest BCUT2D eigenvalue weighted by Gasteiger charge is 2.42. The van der Waals surface area contributed by atoms with Gasteiger partial charge in [-0.2, -0.15) is 5.10 Å². The number of hydrazone groups is 1. The number of fused-ring (bicyclic) bond motifs is 2. The molecule has 3 amide bonds. The highest BCUT2D eigenvalue weighted by molar-refractivity contribution is 5.90. The van der Waals surface area contributed by atoms with E-state index in [1.807, 2.05) is 102 Å². The number of hydrogen-bond acceptors (Lipinski definition) is 5. The summed E-state index contributed by atoms with van der Waals surface area (Å²) in [6.07, 6.45) is 4.25. The molecule has 2 aliphatic rings. The molecule has 8 heteroatoms. The smallest absolute Gasteiger partial charge is 0.414 e. The Bertz CT molecular complexity index is 1320. The third-order valence-corrected chi connectivity index (χ3v) is 7.66. The highest BCUT2D eigenvalue weighted by atomic mass is 16.6. The SMILES string of the molecule is C/C(=N\N(CNC(=O)Nc1ccccc1CC1CC2CC1=CN2C(=O)OC(C)(C)C)c1ccc(C)cc1)C(C)(C)C.CC. The maximum Gasteiger partial charge on any atom is 0.414 e. The number of hydrogen-bond donors (Lipinski definition) is 2. The Balaban J connectivity index is 0.00000248. The van der Waals surface area contributed by atoms with Crippen LogP contribution >= 0.6 is 0 Å². The van der Waals surface area contributed by atoms with Crippen LogP contribution in [0.5, 0.6) is 0 Å². The van der Waals surface area contributed by atoms with E-state index in [-0.39, 0.29) is 30.2 Å². The lowest BCUT2D eigenvalue weighted by Gasteiger charge is -2.29. The van der Waals surface area contributed by atoms with Gasteiger partial charge in [0.05, 0.1) is 5.69 Å². The monoisotopic (exact) mass is 589 g/mol. The van der Waals surface area contributed by atoms with E-state index in [4.69, 9.17) is 9.84 Å². The number of para-hydroxylation sites is 1. The van der Waals surface area contributed by atoms with Crippen LogP contribution in [0.3, 0.4) is 0 Å². The molecule has 0 saturated heterocycles. The minimum atomic E-state index is -0.517. The van der Waals surface area contributed by atoms with Crippen LogP contribution in [0.25, 0.3) is 0 Å². The summed E-state index contributed by atoms with van der Waals surface area (Å²) in [4.78, 5) is 27.4. The Morgan fingerprint density at radius 1 is 1.02 bits per heavy atom. The van der Waals surface area contributed by atoms with Gasteiger partial charge in [-0.05, 0) is 89.1 Å². The molecule has 43 heavy (non-hydrogen) atoms. The van der Waals surface area contributed by atoms with Crippen molar-refractivity contribution in [3.8, 4) is 0 Å². The highest BCUT2D eigenvalue weighted by Crippen LogP contribution is 2.43. The fraction of sp³-hybridized carbons (Fsp3) is 0.514. The van der Waals surface area contributed by atoms with Gasteiger partial charge in [0.2, 0.25) is 0 Å². The molecule has 1 aliphatic heterocycles. The van der Waals surface area contributed by atoms with E-state index < -0.39 is 5.60 Å². The molecule has 1 saturated carbocycles. The predicted octanol–water partition coefficient (Wildman–Crippen LogP) is 8.48. The molecule has 2 aromatic carbocycles. The van der Waals surface area contributed by atoms with Crippen molar-refractivity contribution in [2.24, 2.45) is 16.4 Å². The van der Waals surface area contributed by atoms with Crippen molar-refractivity contribution in [2.45, 2.75) is 100 Å². The van der Waals surface area contributed by atoms with Crippen molar-refractivity contribution in [3.63, 3.8) is 0 Å². The summed E-state index contributed by atoms with van der Waals surface area (Å²) in [5.74, 6) is 0.330. The number of aryl methyl sites for hydroxylation is 1. The third-order valence-electron chi connectivity index (χ3n) is 7.66. The first-order valence-corrected chi connectivity index (χ1v) is 15.4. The molecular formula is C35H51N5O3. The average Bonchev–Trinajstić information content (AvgIpc) is 3.53. The van der Waals surface area contributed by atoms with Gasteiger partial charge >= 0.3 is 12.1 Å². The molecule has 2 atom stereocenters. The molecule has 234 valence electrons. The van der Waals surface area contributed by atoms with Gasteiger partial charge in [0.15, 0.2) is 0 Å². The van der Waals surface area contributed by atoms with Crippen molar-refractivity contribution in [2.75, 3.05) is 17.0 Å². The number of ether oxygens (including phenoxy) is 1. The molecule has 0 radical (unpaired) electrons. The number of carbonyl (C=O) groups is 2. The fourth-order valence-corrected chi connectivity index (χ4v) is 5.02. The van der Waals surface area contributed by atoms with E-state index in [1.165, 1.54) is 5.57 Å². The van der Waals surface area contributed by atoms with Gasteiger partial charge in [0, 0.05) is 29.1 Å². The van der Waals surface area contributed by atoms with Crippen molar-refractivity contribution < 1.29 is 14.3 Å². The molecule has 4 rings (SSSR count). The molecule has 2 N–H and O–H groups in total. The molecule has 1 heterocycles. The number of urea groups is 1. The number of rotatable bonds is 7. The maximum absolute atomic E-state index is 13.1. The van der Waals surface area contributed by atoms with E-state index >= 15 is 0 Å². The van der Waals surface area contributed by atoms with Crippen LogP contribution in [0.1, 0.15) is 86.3 Å². The first-order chi connectivity index (χ1) is 20.2. The zero-order valence-corrected chi connectivity index (χ0v) is 27.7. The van der Waals surface area contributed by atoms with Gasteiger partial charge in [-0.15, -0.1) is 0 Å². The van der Waals surface area contributed by atoms with Gasteiger partial charge in [-0.1, -0.05) is 70.5 Å². The fourth-order valence-electron chi connectivity index (χ4n) is 5.02. The second-order valence-corrected chi connectivity index (χ2v) is 13.2. The molecule has 2 bridgehead atoms. The Morgan fingerprint density at radius 2 is 1.67 bits per heavy atom.